The van der Waals surface area contributed by atoms with Crippen LogP contribution in [-0.2, 0) is 11.3 Å². The van der Waals surface area contributed by atoms with Gasteiger partial charge in [0, 0.05) is 21.6 Å². The normalized spacial score (nSPS) is 14.8. The molecule has 1 fully saturated rings. The van der Waals surface area contributed by atoms with Gasteiger partial charge in [0.2, 0.25) is 0 Å². The fourth-order valence-electron chi connectivity index (χ4n) is 4.46. The van der Waals surface area contributed by atoms with Gasteiger partial charge in [-0.3, -0.25) is 4.90 Å². The lowest BCUT2D eigenvalue weighted by Crippen LogP contribution is -2.33. The third kappa shape index (κ3) is 6.81. The molecule has 6 heteroatoms. The summed E-state index contributed by atoms with van der Waals surface area (Å²) < 4.78 is 7.44. The minimum atomic E-state index is -0.0108. The Hall–Kier alpha value is -2.38. The number of hydrogen-bond donors (Lipinski definition) is 0. The molecule has 33 heavy (non-hydrogen) atoms. The van der Waals surface area contributed by atoms with Crippen molar-refractivity contribution in [2.45, 2.75) is 31.9 Å². The standard InChI is InChI=1S/C27H29IN4O/c28-25-19-22(11-12-26(25)30-31-29)20-32-16-13-21(14-17-32)15-18-33-27(23-7-3-1-4-8-23)24-9-5-2-6-10-24/h1-12,19,21,27H,13-18,20H2/i28-2. The zero-order valence-corrected chi connectivity index (χ0v) is 20.8. The number of benzene rings is 3. The highest BCUT2D eigenvalue weighted by Crippen LogP contribution is 2.29. The maximum atomic E-state index is 8.65. The van der Waals surface area contributed by atoms with Gasteiger partial charge >= 0.3 is 0 Å². The average molecular weight is 550 g/mol. The molecule has 0 N–H and O–H groups in total. The van der Waals surface area contributed by atoms with Crippen LogP contribution in [0.4, 0.5) is 5.69 Å². The second-order valence-electron chi connectivity index (χ2n) is 8.56. The molecule has 1 saturated heterocycles. The molecule has 0 aromatic heterocycles. The summed E-state index contributed by atoms with van der Waals surface area (Å²) in [5.41, 5.74) is 13.0. The highest BCUT2D eigenvalue weighted by Gasteiger charge is 2.21. The third-order valence-corrected chi connectivity index (χ3v) is 7.16. The van der Waals surface area contributed by atoms with Gasteiger partial charge in [-0.1, -0.05) is 77.9 Å². The van der Waals surface area contributed by atoms with E-state index in [0.29, 0.717) is 11.6 Å². The second kappa shape index (κ2) is 12.2. The van der Waals surface area contributed by atoms with Gasteiger partial charge in [0.25, 0.3) is 0 Å². The van der Waals surface area contributed by atoms with Crippen LogP contribution >= 0.6 is 22.6 Å². The first-order valence-corrected chi connectivity index (χ1v) is 12.6. The third-order valence-electron chi connectivity index (χ3n) is 6.29. The van der Waals surface area contributed by atoms with Crippen molar-refractivity contribution in [1.82, 2.24) is 4.90 Å². The van der Waals surface area contributed by atoms with Crippen LogP contribution in [0.5, 0.6) is 0 Å². The summed E-state index contributed by atoms with van der Waals surface area (Å²) in [6, 6.07) is 27.1. The zero-order valence-electron chi connectivity index (χ0n) is 18.7. The molecule has 0 bridgehead atoms. The monoisotopic (exact) mass is 550 g/mol. The topological polar surface area (TPSA) is 61.2 Å². The van der Waals surface area contributed by atoms with Crippen LogP contribution in [0.1, 0.15) is 42.1 Å². The molecule has 5 nitrogen and oxygen atoms in total. The first-order chi connectivity index (χ1) is 16.2. The number of piperidine rings is 1. The van der Waals surface area contributed by atoms with Gasteiger partial charge in [0.1, 0.15) is 6.10 Å². The summed E-state index contributed by atoms with van der Waals surface area (Å²) in [6.07, 6.45) is 3.50. The van der Waals surface area contributed by atoms with E-state index in [-0.39, 0.29) is 6.10 Å². The molecule has 3 aromatic carbocycles. The highest BCUT2D eigenvalue weighted by molar-refractivity contribution is 14.1. The molecule has 3 aromatic rings. The maximum Gasteiger partial charge on any atom is 0.108 e. The van der Waals surface area contributed by atoms with Crippen LogP contribution in [0.25, 0.3) is 10.4 Å². The largest absolute Gasteiger partial charge is 0.369 e. The van der Waals surface area contributed by atoms with Crippen LogP contribution in [0.2, 0.25) is 0 Å². The first-order valence-electron chi connectivity index (χ1n) is 11.5. The van der Waals surface area contributed by atoms with Crippen molar-refractivity contribution >= 4 is 28.3 Å². The fourth-order valence-corrected chi connectivity index (χ4v) is 5.15. The van der Waals surface area contributed by atoms with Gasteiger partial charge in [-0.15, -0.1) is 0 Å². The van der Waals surface area contributed by atoms with Crippen LogP contribution in [-0.4, -0.2) is 24.6 Å². The van der Waals surface area contributed by atoms with Crippen molar-refractivity contribution in [3.8, 4) is 0 Å². The Morgan fingerprint density at radius 2 is 1.61 bits per heavy atom. The predicted molar refractivity (Wildman–Crippen MR) is 141 cm³/mol. The maximum absolute atomic E-state index is 8.65. The summed E-state index contributed by atoms with van der Waals surface area (Å²) in [6.45, 7) is 3.94. The van der Waals surface area contributed by atoms with Crippen LogP contribution in [0.15, 0.2) is 84.0 Å². The lowest BCUT2D eigenvalue weighted by atomic mass is 9.93. The van der Waals surface area contributed by atoms with Crippen LogP contribution in [0, 0.1) is 9.49 Å². The van der Waals surface area contributed by atoms with E-state index in [1.165, 1.54) is 29.5 Å². The van der Waals surface area contributed by atoms with E-state index in [0.717, 1.165) is 36.2 Å². The van der Waals surface area contributed by atoms with E-state index >= 15 is 0 Å². The molecule has 1 aliphatic heterocycles. The molecule has 0 atom stereocenters. The summed E-state index contributed by atoms with van der Waals surface area (Å²) in [7, 11) is 0. The zero-order chi connectivity index (χ0) is 22.9. The van der Waals surface area contributed by atoms with E-state index in [9.17, 15) is 0 Å². The lowest BCUT2D eigenvalue weighted by molar-refractivity contribution is 0.0596. The van der Waals surface area contributed by atoms with E-state index in [1.54, 1.807) is 0 Å². The number of azide groups is 1. The Labute approximate surface area is 209 Å². The van der Waals surface area contributed by atoms with E-state index < -0.39 is 0 Å². The Morgan fingerprint density at radius 1 is 0.970 bits per heavy atom. The summed E-state index contributed by atoms with van der Waals surface area (Å²) in [5.74, 6) is 0.709. The van der Waals surface area contributed by atoms with Crippen molar-refractivity contribution in [1.29, 1.82) is 0 Å². The Balaban J connectivity index is 1.26. The molecule has 1 heterocycles. The van der Waals surface area contributed by atoms with E-state index in [2.05, 4.69) is 110 Å². The minimum Gasteiger partial charge on any atom is -0.369 e. The molecule has 0 radical (unpaired) electrons. The van der Waals surface area contributed by atoms with Crippen molar-refractivity contribution < 1.29 is 4.74 Å². The van der Waals surface area contributed by atoms with Crippen LogP contribution in [0.3, 0.4) is 0 Å². The van der Waals surface area contributed by atoms with Gasteiger partial charge in [0.05, 0.1) is 5.69 Å². The van der Waals surface area contributed by atoms with Crippen LogP contribution < -0.4 is 0 Å². The van der Waals surface area contributed by atoms with Crippen molar-refractivity contribution in [2.75, 3.05) is 19.7 Å². The molecule has 170 valence electrons. The summed E-state index contributed by atoms with van der Waals surface area (Å²) in [4.78, 5) is 5.41. The van der Waals surface area contributed by atoms with Gasteiger partial charge < -0.3 is 4.74 Å². The SMILES string of the molecule is [N-]=[N+]=Nc1ccc(CN2CCC(CCOC(c3ccccc3)c3ccccc3)CC2)cc1[125I]. The molecule has 4 rings (SSSR count). The number of nitrogens with zero attached hydrogens (tertiary/aromatic N) is 4. The van der Waals surface area contributed by atoms with Gasteiger partial charge in [-0.2, -0.15) is 0 Å². The Bertz CT molecular complexity index is 1020. The molecule has 0 amide bonds. The molecular weight excluding hydrogens is 521 g/mol. The first kappa shape index (κ1) is 23.8. The van der Waals surface area contributed by atoms with E-state index in [4.69, 9.17) is 10.3 Å². The average Bonchev–Trinajstić information content (AvgIpc) is 2.86. The van der Waals surface area contributed by atoms with Crippen molar-refractivity contribution in [3.05, 3.63) is 110 Å². The van der Waals surface area contributed by atoms with E-state index in [1.807, 2.05) is 6.07 Å². The fraction of sp³-hybridized carbons (Fsp3) is 0.333. The lowest BCUT2D eigenvalue weighted by Gasteiger charge is -2.32. The smallest absolute Gasteiger partial charge is 0.108 e. The van der Waals surface area contributed by atoms with Gasteiger partial charge in [-0.25, -0.2) is 0 Å². The number of hydrogen-bond acceptors (Lipinski definition) is 3. The molecule has 0 unspecified atom stereocenters. The molecule has 0 saturated carbocycles. The number of likely N-dealkylation sites (tertiary alicyclic amines) is 1. The number of halogens is 1. The van der Waals surface area contributed by atoms with Crippen molar-refractivity contribution in [3.63, 3.8) is 0 Å². The number of ether oxygens (including phenoxy) is 1. The second-order valence-corrected chi connectivity index (χ2v) is 9.72. The highest BCUT2D eigenvalue weighted by atomic mass is 125. The predicted octanol–water partition coefficient (Wildman–Crippen LogP) is 7.64. The quantitative estimate of drug-likeness (QED) is 0.119. The van der Waals surface area contributed by atoms with Gasteiger partial charge in [0.15, 0.2) is 0 Å². The summed E-state index contributed by atoms with van der Waals surface area (Å²) >= 11 is 2.24. The van der Waals surface area contributed by atoms with Gasteiger partial charge in [-0.05, 0) is 89.1 Å². The Morgan fingerprint density at radius 3 is 2.18 bits per heavy atom. The molecule has 0 aliphatic carbocycles. The van der Waals surface area contributed by atoms with Crippen molar-refractivity contribution in [2.24, 2.45) is 11.0 Å². The summed E-state index contributed by atoms with van der Waals surface area (Å²) in [5, 5.41) is 3.73. The minimum absolute atomic E-state index is 0.0108. The Kier molecular flexibility index (Phi) is 8.78. The molecule has 0 spiro atoms. The molecular formula is C27H29IN4O. The number of rotatable bonds is 9. The molecule has 1 aliphatic rings.